The van der Waals surface area contributed by atoms with Crippen LogP contribution in [0.25, 0.3) is 0 Å². The lowest BCUT2D eigenvalue weighted by molar-refractivity contribution is -0.131. The van der Waals surface area contributed by atoms with Gasteiger partial charge in [0.25, 0.3) is 0 Å². The molecule has 0 atom stereocenters. The summed E-state index contributed by atoms with van der Waals surface area (Å²) in [5.74, 6) is -0.437. The molecular formula is C11H11BrF3NO4S. The Bertz CT molecular complexity index is 631. The molecule has 21 heavy (non-hydrogen) atoms. The molecule has 0 radical (unpaired) electrons. The second-order valence-corrected chi connectivity index (χ2v) is 6.61. The maximum Gasteiger partial charge on any atom is 0.511 e. The van der Waals surface area contributed by atoms with E-state index < -0.39 is 28.0 Å². The Hall–Kier alpha value is -1.13. The van der Waals surface area contributed by atoms with Gasteiger partial charge in [0.15, 0.2) is 0 Å². The van der Waals surface area contributed by atoms with E-state index in [4.69, 9.17) is 4.74 Å². The Morgan fingerprint density at radius 3 is 2.52 bits per heavy atom. The van der Waals surface area contributed by atoms with Crippen LogP contribution in [0.3, 0.4) is 0 Å². The lowest BCUT2D eigenvalue weighted by Gasteiger charge is -2.11. The predicted molar refractivity (Wildman–Crippen MR) is 72.1 cm³/mol. The van der Waals surface area contributed by atoms with E-state index in [2.05, 4.69) is 15.9 Å². The molecule has 1 rings (SSSR count). The van der Waals surface area contributed by atoms with E-state index in [9.17, 15) is 26.4 Å². The van der Waals surface area contributed by atoms with Crippen molar-refractivity contribution in [2.75, 3.05) is 6.54 Å². The minimum absolute atomic E-state index is 0.0643. The molecule has 0 aliphatic carbocycles. The van der Waals surface area contributed by atoms with Gasteiger partial charge < -0.3 is 4.74 Å². The highest BCUT2D eigenvalue weighted by atomic mass is 79.9. The van der Waals surface area contributed by atoms with Crippen molar-refractivity contribution in [3.05, 3.63) is 28.2 Å². The number of benzene rings is 1. The number of carbonyl (C=O) groups excluding carboxylic acids is 1. The van der Waals surface area contributed by atoms with E-state index in [1.165, 1.54) is 23.8 Å². The van der Waals surface area contributed by atoms with Gasteiger partial charge in [0.1, 0.15) is 5.75 Å². The van der Waals surface area contributed by atoms with Crippen LogP contribution in [0.15, 0.2) is 22.7 Å². The zero-order valence-corrected chi connectivity index (χ0v) is 13.1. The molecule has 0 saturated heterocycles. The maximum absolute atomic E-state index is 12.1. The molecule has 0 aliphatic rings. The minimum Gasteiger partial charge on any atom is -0.426 e. The first-order valence-electron chi connectivity index (χ1n) is 5.56. The normalized spacial score (nSPS) is 12.2. The van der Waals surface area contributed by atoms with E-state index in [-0.39, 0.29) is 12.2 Å². The fraction of sp³-hybridized carbons (Fsp3) is 0.364. The molecule has 0 unspecified atom stereocenters. The highest BCUT2D eigenvalue weighted by Crippen LogP contribution is 2.25. The number of nitrogens with one attached hydrogen (secondary N) is 1. The van der Waals surface area contributed by atoms with Crippen molar-refractivity contribution >= 4 is 31.9 Å². The van der Waals surface area contributed by atoms with Crippen LogP contribution < -0.4 is 9.46 Å². The van der Waals surface area contributed by atoms with E-state index in [1.807, 2.05) is 0 Å². The van der Waals surface area contributed by atoms with Crippen molar-refractivity contribution in [1.29, 1.82) is 0 Å². The Morgan fingerprint density at radius 2 is 2.00 bits per heavy atom. The summed E-state index contributed by atoms with van der Waals surface area (Å²) in [5, 5.41) is 0. The van der Waals surface area contributed by atoms with Gasteiger partial charge in [0.2, 0.25) is 0 Å². The number of halogens is 4. The smallest absolute Gasteiger partial charge is 0.426 e. The van der Waals surface area contributed by atoms with Gasteiger partial charge in [-0.1, -0.05) is 22.0 Å². The average Bonchev–Trinajstić information content (AvgIpc) is 2.29. The van der Waals surface area contributed by atoms with Crippen LogP contribution in [0.4, 0.5) is 13.2 Å². The second kappa shape index (κ2) is 6.75. The molecule has 0 bridgehead atoms. The molecule has 1 N–H and O–H groups in total. The van der Waals surface area contributed by atoms with E-state index in [0.717, 1.165) is 0 Å². The minimum atomic E-state index is -5.38. The zero-order valence-electron chi connectivity index (χ0n) is 10.7. The fourth-order valence-corrected chi connectivity index (χ4v) is 2.26. The van der Waals surface area contributed by atoms with Crippen molar-refractivity contribution in [2.24, 2.45) is 0 Å². The largest absolute Gasteiger partial charge is 0.511 e. The van der Waals surface area contributed by atoms with Crippen LogP contribution >= 0.6 is 15.9 Å². The molecule has 0 heterocycles. The summed E-state index contributed by atoms with van der Waals surface area (Å²) < 4.78 is 65.0. The average molecular weight is 390 g/mol. The molecule has 118 valence electrons. The summed E-state index contributed by atoms with van der Waals surface area (Å²) in [6.45, 7) is 0.703. The van der Waals surface area contributed by atoms with Crippen LogP contribution in [0.2, 0.25) is 0 Å². The summed E-state index contributed by atoms with van der Waals surface area (Å²) in [6.07, 6.45) is -0.0643. The van der Waals surface area contributed by atoms with Crippen molar-refractivity contribution in [2.45, 2.75) is 18.9 Å². The summed E-state index contributed by atoms with van der Waals surface area (Å²) in [5.41, 5.74) is -4.95. The van der Waals surface area contributed by atoms with Gasteiger partial charge in [0, 0.05) is 17.9 Å². The molecule has 0 fully saturated rings. The number of sulfonamides is 1. The molecule has 0 aromatic heterocycles. The van der Waals surface area contributed by atoms with E-state index in [1.54, 1.807) is 6.07 Å². The van der Waals surface area contributed by atoms with Crippen molar-refractivity contribution < 1.29 is 31.1 Å². The third-order valence-corrected chi connectivity index (χ3v) is 3.96. The van der Waals surface area contributed by atoms with Crippen LogP contribution in [-0.2, 0) is 21.2 Å². The molecule has 0 aliphatic heterocycles. The van der Waals surface area contributed by atoms with Crippen LogP contribution in [-0.4, -0.2) is 26.4 Å². The Kier molecular flexibility index (Phi) is 5.76. The van der Waals surface area contributed by atoms with Crippen molar-refractivity contribution in [3.8, 4) is 5.75 Å². The molecule has 1 aromatic carbocycles. The number of hydrogen-bond acceptors (Lipinski definition) is 4. The lowest BCUT2D eigenvalue weighted by atomic mass is 10.1. The molecule has 0 amide bonds. The van der Waals surface area contributed by atoms with Crippen LogP contribution in [0, 0.1) is 0 Å². The number of carbonyl (C=O) groups is 1. The molecular weight excluding hydrogens is 379 g/mol. The highest BCUT2D eigenvalue weighted by Gasteiger charge is 2.45. The first-order chi connectivity index (χ1) is 9.53. The Balaban J connectivity index is 2.79. The number of ether oxygens (including phenoxy) is 1. The molecule has 0 spiro atoms. The third-order valence-electron chi connectivity index (χ3n) is 2.27. The predicted octanol–water partition coefficient (Wildman–Crippen LogP) is 2.36. The number of esters is 1. The van der Waals surface area contributed by atoms with Crippen LogP contribution in [0.1, 0.15) is 12.5 Å². The third kappa shape index (κ3) is 5.29. The lowest BCUT2D eigenvalue weighted by Crippen LogP contribution is -2.37. The quantitative estimate of drug-likeness (QED) is 0.619. The summed E-state index contributed by atoms with van der Waals surface area (Å²) in [7, 11) is -5.38. The molecule has 0 saturated carbocycles. The number of rotatable bonds is 5. The Labute approximate surface area is 127 Å². The monoisotopic (exact) mass is 389 g/mol. The van der Waals surface area contributed by atoms with Gasteiger partial charge >= 0.3 is 21.5 Å². The first-order valence-corrected chi connectivity index (χ1v) is 7.83. The van der Waals surface area contributed by atoms with Gasteiger partial charge in [-0.3, -0.25) is 4.79 Å². The van der Waals surface area contributed by atoms with Gasteiger partial charge in [-0.25, -0.2) is 13.1 Å². The van der Waals surface area contributed by atoms with Gasteiger partial charge in [-0.15, -0.1) is 0 Å². The standard InChI is InChI=1S/C11H11BrF3NO4S/c1-7(17)20-10-6-9(12)3-2-8(10)4-5-16-21(18,19)11(13,14)15/h2-3,6,16H,4-5H2,1H3. The number of alkyl halides is 3. The zero-order chi connectivity index (χ0) is 16.3. The summed E-state index contributed by atoms with van der Waals surface area (Å²) in [6, 6.07) is 4.58. The first kappa shape index (κ1) is 17.9. The van der Waals surface area contributed by atoms with Gasteiger partial charge in [0.05, 0.1) is 0 Å². The molecule has 1 aromatic rings. The second-order valence-electron chi connectivity index (χ2n) is 3.94. The fourth-order valence-electron chi connectivity index (χ4n) is 1.39. The molecule has 10 heteroatoms. The summed E-state index contributed by atoms with van der Waals surface area (Å²) in [4.78, 5) is 10.9. The number of hydrogen-bond donors (Lipinski definition) is 1. The maximum atomic E-state index is 12.1. The van der Waals surface area contributed by atoms with Crippen LogP contribution in [0.5, 0.6) is 5.75 Å². The van der Waals surface area contributed by atoms with E-state index >= 15 is 0 Å². The Morgan fingerprint density at radius 1 is 1.38 bits per heavy atom. The van der Waals surface area contributed by atoms with Gasteiger partial charge in [-0.05, 0) is 24.1 Å². The van der Waals surface area contributed by atoms with E-state index in [0.29, 0.717) is 10.0 Å². The van der Waals surface area contributed by atoms with Crippen molar-refractivity contribution in [1.82, 2.24) is 4.72 Å². The topological polar surface area (TPSA) is 72.5 Å². The molecule has 5 nitrogen and oxygen atoms in total. The summed E-state index contributed by atoms with van der Waals surface area (Å²) >= 11 is 3.16. The SMILES string of the molecule is CC(=O)Oc1cc(Br)ccc1CCNS(=O)(=O)C(F)(F)F. The van der Waals surface area contributed by atoms with Crippen molar-refractivity contribution in [3.63, 3.8) is 0 Å². The highest BCUT2D eigenvalue weighted by molar-refractivity contribution is 9.10. The van der Waals surface area contributed by atoms with Gasteiger partial charge in [-0.2, -0.15) is 13.2 Å².